The summed E-state index contributed by atoms with van der Waals surface area (Å²) in [7, 11) is 0. The Balaban J connectivity index is 1.39. The molecule has 2 saturated heterocycles. The van der Waals surface area contributed by atoms with Crippen LogP contribution in [0.3, 0.4) is 0 Å². The Kier molecular flexibility index (Phi) is 4.80. The number of hydrogen-bond acceptors (Lipinski definition) is 10. The lowest BCUT2D eigenvalue weighted by Gasteiger charge is -2.18. The maximum atomic E-state index is 12.9. The molecule has 1 aromatic carbocycles. The lowest BCUT2D eigenvalue weighted by atomic mass is 10.1. The van der Waals surface area contributed by atoms with E-state index < -0.39 is 33.4 Å². The van der Waals surface area contributed by atoms with Crippen molar-refractivity contribution in [3.8, 4) is 0 Å². The number of carbonyl (C=O) groups is 2. The van der Waals surface area contributed by atoms with E-state index in [4.69, 9.17) is 9.47 Å². The van der Waals surface area contributed by atoms with Crippen LogP contribution in [-0.2, 0) is 9.47 Å². The van der Waals surface area contributed by atoms with Gasteiger partial charge < -0.3 is 9.47 Å². The fraction of sp³-hybridized carbons (Fsp3) is 0.316. The number of rotatable bonds is 6. The number of hydrazone groups is 1. The molecule has 2 bridgehead atoms. The summed E-state index contributed by atoms with van der Waals surface area (Å²) in [5.74, 6) is -1.59. The quantitative estimate of drug-likeness (QED) is 0.391. The van der Waals surface area contributed by atoms with Crippen molar-refractivity contribution in [2.24, 2.45) is 22.9 Å². The highest BCUT2D eigenvalue weighted by molar-refractivity contribution is 7.12. The third-order valence-electron chi connectivity index (χ3n) is 5.74. The monoisotopic (exact) mass is 458 g/mol. The molecule has 3 heterocycles. The van der Waals surface area contributed by atoms with Crippen molar-refractivity contribution in [2.45, 2.75) is 12.4 Å². The van der Waals surface area contributed by atoms with Crippen LogP contribution in [0.5, 0.6) is 0 Å². The summed E-state index contributed by atoms with van der Waals surface area (Å²) in [5.41, 5.74) is 1.14. The average Bonchev–Trinajstić information content (AvgIpc) is 3.12. The lowest BCUT2D eigenvalue weighted by Crippen LogP contribution is -2.33. The molecule has 12 nitrogen and oxygen atoms in total. The highest BCUT2D eigenvalue weighted by Crippen LogP contribution is 2.57. The van der Waals surface area contributed by atoms with Gasteiger partial charge in [0.05, 0.1) is 44.8 Å². The van der Waals surface area contributed by atoms with Crippen LogP contribution in [0, 0.1) is 38.0 Å². The van der Waals surface area contributed by atoms with Crippen LogP contribution in [0.2, 0.25) is 0 Å². The second-order valence-corrected chi connectivity index (χ2v) is 8.49. The van der Waals surface area contributed by atoms with Crippen molar-refractivity contribution in [3.05, 3.63) is 66.4 Å². The molecule has 3 aliphatic rings. The van der Waals surface area contributed by atoms with Gasteiger partial charge in [-0.1, -0.05) is 6.07 Å². The van der Waals surface area contributed by atoms with Gasteiger partial charge in [0.2, 0.25) is 0 Å². The van der Waals surface area contributed by atoms with E-state index >= 15 is 0 Å². The van der Waals surface area contributed by atoms with E-state index in [0.717, 1.165) is 18.2 Å². The predicted octanol–water partition coefficient (Wildman–Crippen LogP) is 2.15. The predicted molar refractivity (Wildman–Crippen MR) is 108 cm³/mol. The first kappa shape index (κ1) is 20.4. The normalized spacial score (nSPS) is 28.8. The summed E-state index contributed by atoms with van der Waals surface area (Å²) in [4.78, 5) is 46.5. The molecular weight excluding hydrogens is 444 g/mol. The maximum absolute atomic E-state index is 12.9. The number of Topliss-reactive ketones (excluding diaryl/α,β-unsaturated/α-hetero) is 1. The zero-order chi connectivity index (χ0) is 22.6. The number of fused-ring (bicyclic) bond motifs is 4. The van der Waals surface area contributed by atoms with Gasteiger partial charge in [-0.25, -0.2) is 5.43 Å². The smallest absolute Gasteiger partial charge is 0.277 e. The SMILES string of the molecule is O=C(N/N=C1/[C@@H]2OC[C@@H](O2)[C@H]2[C@H](C(=O)c3cccs3)[C@@H]12)c1cc([N+](=O)[O-])cc([N+](=O)[O-])c1. The number of ketones is 1. The molecule has 3 fully saturated rings. The second-order valence-electron chi connectivity index (χ2n) is 7.54. The van der Waals surface area contributed by atoms with Crippen molar-refractivity contribution in [3.63, 3.8) is 0 Å². The minimum absolute atomic E-state index is 0.0144. The van der Waals surface area contributed by atoms with Gasteiger partial charge in [-0.15, -0.1) is 11.3 Å². The highest BCUT2D eigenvalue weighted by Gasteiger charge is 2.67. The van der Waals surface area contributed by atoms with E-state index in [2.05, 4.69) is 10.5 Å². The van der Waals surface area contributed by atoms with Crippen LogP contribution in [0.25, 0.3) is 0 Å². The Morgan fingerprint density at radius 1 is 1.16 bits per heavy atom. The molecule has 164 valence electrons. The van der Waals surface area contributed by atoms with E-state index in [0.29, 0.717) is 17.2 Å². The van der Waals surface area contributed by atoms with Gasteiger partial charge in [0, 0.05) is 29.9 Å². The zero-order valence-corrected chi connectivity index (χ0v) is 16.9. The molecule has 2 aromatic rings. The number of carbonyl (C=O) groups excluding carboxylic acids is 2. The van der Waals surface area contributed by atoms with Gasteiger partial charge in [0.15, 0.2) is 12.1 Å². The lowest BCUT2D eigenvalue weighted by molar-refractivity contribution is -0.394. The molecule has 0 radical (unpaired) electrons. The van der Waals surface area contributed by atoms with Crippen LogP contribution in [0.1, 0.15) is 20.0 Å². The molecule has 1 aromatic heterocycles. The minimum atomic E-state index is -0.872. The Labute approximate surface area is 183 Å². The maximum Gasteiger partial charge on any atom is 0.277 e. The zero-order valence-electron chi connectivity index (χ0n) is 16.1. The number of ether oxygens (including phenoxy) is 2. The molecule has 1 aliphatic carbocycles. The summed E-state index contributed by atoms with van der Waals surface area (Å²) in [6, 6.07) is 6.15. The molecular formula is C19H14N4O8S. The van der Waals surface area contributed by atoms with Crippen LogP contribution >= 0.6 is 11.3 Å². The second kappa shape index (κ2) is 7.55. The van der Waals surface area contributed by atoms with Crippen molar-refractivity contribution in [1.82, 2.24) is 5.43 Å². The summed E-state index contributed by atoms with van der Waals surface area (Å²) in [5, 5.41) is 28.0. The van der Waals surface area contributed by atoms with E-state index in [1.165, 1.54) is 11.3 Å². The van der Waals surface area contributed by atoms with Gasteiger partial charge in [-0.3, -0.25) is 29.8 Å². The third kappa shape index (κ3) is 3.36. The fourth-order valence-corrected chi connectivity index (χ4v) is 4.99. The van der Waals surface area contributed by atoms with Crippen molar-refractivity contribution in [1.29, 1.82) is 0 Å². The van der Waals surface area contributed by atoms with E-state index in [-0.39, 0.29) is 35.2 Å². The van der Waals surface area contributed by atoms with Crippen LogP contribution in [0.4, 0.5) is 11.4 Å². The van der Waals surface area contributed by atoms with Gasteiger partial charge in [0.1, 0.15) is 0 Å². The minimum Gasteiger partial charge on any atom is -0.344 e. The number of non-ortho nitro benzene ring substituents is 2. The highest BCUT2D eigenvalue weighted by atomic mass is 32.1. The van der Waals surface area contributed by atoms with E-state index in [9.17, 15) is 29.8 Å². The Morgan fingerprint density at radius 3 is 2.50 bits per heavy atom. The fourth-order valence-electron chi connectivity index (χ4n) is 4.28. The number of hydrogen-bond donors (Lipinski definition) is 1. The number of benzene rings is 1. The topological polar surface area (TPSA) is 163 Å². The van der Waals surface area contributed by atoms with Gasteiger partial charge in [-0.2, -0.15) is 5.10 Å². The van der Waals surface area contributed by atoms with E-state index in [1.54, 1.807) is 12.1 Å². The summed E-state index contributed by atoms with van der Waals surface area (Å²) >= 11 is 1.35. The van der Waals surface area contributed by atoms with Crippen LogP contribution < -0.4 is 5.43 Å². The standard InChI is InChI=1S/C19H14N4O8S/c24-17(12-2-1-3-32-12)15-13-11-7-30-19(31-11)16(14(13)15)20-21-18(25)8-4-9(22(26)27)6-10(5-8)23(28)29/h1-6,11,13-15,19H,7H2,(H,21,25)/b20-16+/t11-,13-,14+,15+,19-/m1/s1. The molecule has 0 spiro atoms. The molecule has 2 aliphatic heterocycles. The number of nitro benzene ring substituents is 2. The van der Waals surface area contributed by atoms with Crippen LogP contribution in [-0.4, -0.2) is 46.2 Å². The van der Waals surface area contributed by atoms with Gasteiger partial charge in [-0.05, 0) is 11.4 Å². The van der Waals surface area contributed by atoms with Crippen molar-refractivity contribution in [2.75, 3.05) is 6.61 Å². The molecule has 1 N–H and O–H groups in total. The molecule has 1 amide bonds. The largest absolute Gasteiger partial charge is 0.344 e. The number of nitrogens with zero attached hydrogens (tertiary/aromatic N) is 3. The Hall–Kier alpha value is -3.55. The first-order chi connectivity index (χ1) is 15.3. The summed E-state index contributed by atoms with van der Waals surface area (Å²) in [6.07, 6.45) is -1.03. The Bertz CT molecular complexity index is 1150. The summed E-state index contributed by atoms with van der Waals surface area (Å²) in [6.45, 7) is 0.310. The van der Waals surface area contributed by atoms with Gasteiger partial charge >= 0.3 is 0 Å². The summed E-state index contributed by atoms with van der Waals surface area (Å²) < 4.78 is 11.3. The molecule has 32 heavy (non-hydrogen) atoms. The van der Waals surface area contributed by atoms with Gasteiger partial charge in [0.25, 0.3) is 17.3 Å². The van der Waals surface area contributed by atoms with Crippen LogP contribution in [0.15, 0.2) is 40.8 Å². The number of nitro groups is 2. The van der Waals surface area contributed by atoms with E-state index in [1.807, 2.05) is 5.38 Å². The van der Waals surface area contributed by atoms with Crippen molar-refractivity contribution >= 4 is 40.1 Å². The first-order valence-electron chi connectivity index (χ1n) is 9.51. The van der Waals surface area contributed by atoms with Crippen molar-refractivity contribution < 1.29 is 28.9 Å². The molecule has 0 unspecified atom stereocenters. The first-order valence-corrected chi connectivity index (χ1v) is 10.4. The average molecular weight is 458 g/mol. The number of amides is 1. The number of nitrogens with one attached hydrogen (secondary N) is 1. The molecule has 13 heteroatoms. The third-order valence-corrected chi connectivity index (χ3v) is 6.62. The molecule has 5 atom stereocenters. The number of thiophene rings is 1. The molecule has 5 rings (SSSR count). The Morgan fingerprint density at radius 2 is 1.88 bits per heavy atom. The molecule has 1 saturated carbocycles.